The van der Waals surface area contributed by atoms with Crippen molar-refractivity contribution in [2.75, 3.05) is 7.11 Å². The first-order chi connectivity index (χ1) is 7.04. The van der Waals surface area contributed by atoms with Gasteiger partial charge in [-0.25, -0.2) is 4.39 Å². The van der Waals surface area contributed by atoms with Crippen molar-refractivity contribution in [3.8, 4) is 0 Å². The van der Waals surface area contributed by atoms with Crippen LogP contribution in [0.1, 0.15) is 23.7 Å². The Balaban J connectivity index is 2.78. The van der Waals surface area contributed by atoms with Gasteiger partial charge in [0.1, 0.15) is 5.82 Å². The number of esters is 1. The summed E-state index contributed by atoms with van der Waals surface area (Å²) < 4.78 is 17.5. The molecule has 0 saturated heterocycles. The molecule has 0 radical (unpaired) electrons. The molecule has 1 aromatic carbocycles. The van der Waals surface area contributed by atoms with Crippen molar-refractivity contribution in [2.24, 2.45) is 0 Å². The predicted molar refractivity (Wildman–Crippen MR) is 52.7 cm³/mol. The number of ether oxygens (including phenoxy) is 1. The molecule has 0 fully saturated rings. The molecule has 0 amide bonds. The molecule has 15 heavy (non-hydrogen) atoms. The fourth-order valence-electron chi connectivity index (χ4n) is 1.18. The Labute approximate surface area is 87.5 Å². The maximum absolute atomic E-state index is 13.1. The number of aryl methyl sites for hydroxylation is 1. The molecule has 4 heteroatoms. The number of aliphatic hydroxyl groups is 1. The highest BCUT2D eigenvalue weighted by Crippen LogP contribution is 2.19. The fraction of sp³-hybridized carbons (Fsp3) is 0.364. The van der Waals surface area contributed by atoms with Gasteiger partial charge in [-0.2, -0.15) is 0 Å². The Morgan fingerprint density at radius 1 is 1.60 bits per heavy atom. The second kappa shape index (κ2) is 4.89. The molecule has 0 saturated carbocycles. The number of rotatable bonds is 3. The molecule has 0 heterocycles. The molecule has 0 aliphatic carbocycles. The van der Waals surface area contributed by atoms with Crippen LogP contribution in [0.25, 0.3) is 0 Å². The zero-order valence-corrected chi connectivity index (χ0v) is 8.66. The SMILES string of the molecule is COC(=O)CC(O)c1ccc(C)c(F)c1. The highest BCUT2D eigenvalue weighted by atomic mass is 19.1. The van der Waals surface area contributed by atoms with Crippen LogP contribution >= 0.6 is 0 Å². The van der Waals surface area contributed by atoms with Crippen LogP contribution in [-0.2, 0) is 9.53 Å². The molecule has 1 rings (SSSR count). The number of benzene rings is 1. The summed E-state index contributed by atoms with van der Waals surface area (Å²) in [5, 5.41) is 9.57. The molecule has 1 aromatic rings. The first-order valence-corrected chi connectivity index (χ1v) is 4.55. The molecular formula is C11H13FO3. The minimum Gasteiger partial charge on any atom is -0.469 e. The number of halogens is 1. The average Bonchev–Trinajstić information content (AvgIpc) is 2.21. The van der Waals surface area contributed by atoms with Crippen molar-refractivity contribution in [3.63, 3.8) is 0 Å². The van der Waals surface area contributed by atoms with Gasteiger partial charge in [-0.3, -0.25) is 4.79 Å². The van der Waals surface area contributed by atoms with Gasteiger partial charge in [0.2, 0.25) is 0 Å². The van der Waals surface area contributed by atoms with Crippen molar-refractivity contribution >= 4 is 5.97 Å². The van der Waals surface area contributed by atoms with Crippen molar-refractivity contribution in [3.05, 3.63) is 35.1 Å². The van der Waals surface area contributed by atoms with Gasteiger partial charge < -0.3 is 9.84 Å². The molecule has 1 N–H and O–H groups in total. The van der Waals surface area contributed by atoms with Crippen LogP contribution in [0.5, 0.6) is 0 Å². The molecule has 0 spiro atoms. The van der Waals surface area contributed by atoms with Gasteiger partial charge >= 0.3 is 5.97 Å². The van der Waals surface area contributed by atoms with Crippen LogP contribution in [0.4, 0.5) is 4.39 Å². The smallest absolute Gasteiger partial charge is 0.308 e. The third-order valence-corrected chi connectivity index (χ3v) is 2.17. The second-order valence-electron chi connectivity index (χ2n) is 3.30. The van der Waals surface area contributed by atoms with Crippen molar-refractivity contribution in [1.29, 1.82) is 0 Å². The van der Waals surface area contributed by atoms with E-state index in [1.807, 2.05) is 0 Å². The molecular weight excluding hydrogens is 199 g/mol. The summed E-state index contributed by atoms with van der Waals surface area (Å²) in [4.78, 5) is 10.9. The van der Waals surface area contributed by atoms with Gasteiger partial charge in [0.15, 0.2) is 0 Å². The molecule has 82 valence electrons. The molecule has 1 unspecified atom stereocenters. The topological polar surface area (TPSA) is 46.5 Å². The monoisotopic (exact) mass is 212 g/mol. The van der Waals surface area contributed by atoms with Crippen LogP contribution in [0.15, 0.2) is 18.2 Å². The van der Waals surface area contributed by atoms with Gasteiger partial charge in [-0.05, 0) is 24.1 Å². The Bertz CT molecular complexity index is 363. The van der Waals surface area contributed by atoms with Crippen LogP contribution in [-0.4, -0.2) is 18.2 Å². The number of aliphatic hydroxyl groups excluding tert-OH is 1. The second-order valence-corrected chi connectivity index (χ2v) is 3.30. The standard InChI is InChI=1S/C11H13FO3/c1-7-3-4-8(5-9(7)12)10(13)6-11(14)15-2/h3-5,10,13H,6H2,1-2H3. The highest BCUT2D eigenvalue weighted by molar-refractivity contribution is 5.70. The maximum atomic E-state index is 13.1. The normalized spacial score (nSPS) is 12.3. The number of hydrogen-bond donors (Lipinski definition) is 1. The van der Waals surface area contributed by atoms with Gasteiger partial charge in [0, 0.05) is 0 Å². The van der Waals surface area contributed by atoms with E-state index in [9.17, 15) is 14.3 Å². The summed E-state index contributed by atoms with van der Waals surface area (Å²) in [6.45, 7) is 1.63. The summed E-state index contributed by atoms with van der Waals surface area (Å²) >= 11 is 0. The van der Waals surface area contributed by atoms with E-state index in [4.69, 9.17) is 0 Å². The molecule has 0 bridgehead atoms. The van der Waals surface area contributed by atoms with Crippen LogP contribution in [0.3, 0.4) is 0 Å². The van der Waals surface area contributed by atoms with E-state index in [0.717, 1.165) is 0 Å². The Morgan fingerprint density at radius 2 is 2.27 bits per heavy atom. The minimum atomic E-state index is -1.02. The summed E-state index contributed by atoms with van der Waals surface area (Å²) in [6, 6.07) is 4.38. The molecule has 3 nitrogen and oxygen atoms in total. The Morgan fingerprint density at radius 3 is 2.80 bits per heavy atom. The fourth-order valence-corrected chi connectivity index (χ4v) is 1.18. The summed E-state index contributed by atoms with van der Waals surface area (Å²) in [5.41, 5.74) is 0.882. The van der Waals surface area contributed by atoms with E-state index >= 15 is 0 Å². The molecule has 0 aliphatic rings. The lowest BCUT2D eigenvalue weighted by molar-refractivity contribution is -0.142. The van der Waals surface area contributed by atoms with Gasteiger partial charge in [0.05, 0.1) is 19.6 Å². The molecule has 0 aromatic heterocycles. The third-order valence-electron chi connectivity index (χ3n) is 2.17. The van der Waals surface area contributed by atoms with E-state index in [0.29, 0.717) is 11.1 Å². The van der Waals surface area contributed by atoms with Crippen molar-refractivity contribution in [2.45, 2.75) is 19.4 Å². The third kappa shape index (κ3) is 3.02. The van der Waals surface area contributed by atoms with Gasteiger partial charge in [0.25, 0.3) is 0 Å². The number of methoxy groups -OCH3 is 1. The lowest BCUT2D eigenvalue weighted by atomic mass is 10.0. The summed E-state index contributed by atoms with van der Waals surface area (Å²) in [6.07, 6.45) is -1.19. The Kier molecular flexibility index (Phi) is 3.80. The van der Waals surface area contributed by atoms with E-state index in [1.165, 1.54) is 13.2 Å². The average molecular weight is 212 g/mol. The predicted octanol–water partition coefficient (Wildman–Crippen LogP) is 1.73. The maximum Gasteiger partial charge on any atom is 0.308 e. The largest absolute Gasteiger partial charge is 0.469 e. The first-order valence-electron chi connectivity index (χ1n) is 4.55. The van der Waals surface area contributed by atoms with Crippen LogP contribution < -0.4 is 0 Å². The van der Waals surface area contributed by atoms with E-state index in [2.05, 4.69) is 4.74 Å². The van der Waals surface area contributed by atoms with Crippen molar-refractivity contribution in [1.82, 2.24) is 0 Å². The van der Waals surface area contributed by atoms with E-state index in [1.54, 1.807) is 19.1 Å². The van der Waals surface area contributed by atoms with Crippen molar-refractivity contribution < 1.29 is 19.0 Å². The zero-order chi connectivity index (χ0) is 11.4. The highest BCUT2D eigenvalue weighted by Gasteiger charge is 2.14. The summed E-state index contributed by atoms with van der Waals surface area (Å²) in [5.74, 6) is -0.917. The van der Waals surface area contributed by atoms with Gasteiger partial charge in [-0.15, -0.1) is 0 Å². The van der Waals surface area contributed by atoms with E-state index in [-0.39, 0.29) is 6.42 Å². The van der Waals surface area contributed by atoms with Crippen LogP contribution in [0, 0.1) is 12.7 Å². The summed E-state index contributed by atoms with van der Waals surface area (Å²) in [7, 11) is 1.24. The number of hydrogen-bond acceptors (Lipinski definition) is 3. The van der Waals surface area contributed by atoms with Crippen LogP contribution in [0.2, 0.25) is 0 Å². The quantitative estimate of drug-likeness (QED) is 0.776. The molecule has 1 atom stereocenters. The lowest BCUT2D eigenvalue weighted by Crippen LogP contribution is -2.08. The van der Waals surface area contributed by atoms with E-state index < -0.39 is 17.9 Å². The first kappa shape index (κ1) is 11.7. The van der Waals surface area contributed by atoms with Gasteiger partial charge in [-0.1, -0.05) is 12.1 Å². The Hall–Kier alpha value is -1.42. The minimum absolute atomic E-state index is 0.168. The number of carbonyl (C=O) groups is 1. The lowest BCUT2D eigenvalue weighted by Gasteiger charge is -2.10. The number of carbonyl (C=O) groups excluding carboxylic acids is 1. The zero-order valence-electron chi connectivity index (χ0n) is 8.66. The molecule has 0 aliphatic heterocycles.